The second kappa shape index (κ2) is 7.83. The lowest BCUT2D eigenvalue weighted by Gasteiger charge is -2.36. The van der Waals surface area contributed by atoms with Crippen LogP contribution in [0.2, 0.25) is 0 Å². The lowest BCUT2D eigenvalue weighted by molar-refractivity contribution is -0.137. The van der Waals surface area contributed by atoms with Crippen LogP contribution < -0.4 is 0 Å². The van der Waals surface area contributed by atoms with E-state index in [9.17, 15) is 13.2 Å². The summed E-state index contributed by atoms with van der Waals surface area (Å²) in [7, 11) is -3.14. The van der Waals surface area contributed by atoms with Crippen LogP contribution in [0.3, 0.4) is 0 Å². The van der Waals surface area contributed by atoms with Gasteiger partial charge in [0.1, 0.15) is 0 Å². The number of pyridine rings is 1. The summed E-state index contributed by atoms with van der Waals surface area (Å²) in [5.41, 5.74) is 3.26. The number of nitrogens with one attached hydrogen (secondary N) is 1. The molecular weight excluding hydrogens is 376 g/mol. The van der Waals surface area contributed by atoms with Crippen molar-refractivity contribution in [2.45, 2.75) is 38.5 Å². The predicted octanol–water partition coefficient (Wildman–Crippen LogP) is 2.33. The van der Waals surface area contributed by atoms with Crippen molar-refractivity contribution in [1.82, 2.24) is 19.2 Å². The number of carbonyl (C=O) groups excluding carboxylic acids is 1. The first-order chi connectivity index (χ1) is 13.5. The van der Waals surface area contributed by atoms with Crippen molar-refractivity contribution in [3.63, 3.8) is 0 Å². The number of carbonyl (C=O) groups is 1. The molecule has 28 heavy (non-hydrogen) atoms. The molecule has 2 fully saturated rings. The normalized spacial score (nSPS) is 20.7. The van der Waals surface area contributed by atoms with Crippen molar-refractivity contribution in [3.8, 4) is 0 Å². The molecule has 8 heteroatoms. The van der Waals surface area contributed by atoms with E-state index in [0.717, 1.165) is 37.0 Å². The minimum atomic E-state index is -3.14. The molecule has 2 aliphatic heterocycles. The highest BCUT2D eigenvalue weighted by atomic mass is 32.2. The third-order valence-electron chi connectivity index (χ3n) is 6.22. The van der Waals surface area contributed by atoms with E-state index in [1.807, 2.05) is 17.0 Å². The van der Waals surface area contributed by atoms with Crippen LogP contribution in [0.5, 0.6) is 0 Å². The second-order valence-corrected chi connectivity index (χ2v) is 10.1. The number of aromatic nitrogens is 2. The summed E-state index contributed by atoms with van der Waals surface area (Å²) in [6.07, 6.45) is 4.96. The SMILES string of the molecule is CCS(=O)(=O)N1CCC(C(=O)N2CCC(c3cc4ncccc4[nH]3)CC2)CC1. The van der Waals surface area contributed by atoms with Gasteiger partial charge in [0.15, 0.2) is 0 Å². The van der Waals surface area contributed by atoms with Gasteiger partial charge in [0.05, 0.1) is 16.8 Å². The summed E-state index contributed by atoms with van der Waals surface area (Å²) >= 11 is 0. The molecule has 4 rings (SSSR count). The molecule has 2 aliphatic rings. The Morgan fingerprint density at radius 2 is 1.89 bits per heavy atom. The van der Waals surface area contributed by atoms with Crippen LogP contribution in [0.15, 0.2) is 24.4 Å². The molecule has 2 aromatic heterocycles. The molecule has 0 spiro atoms. The molecule has 0 radical (unpaired) electrons. The van der Waals surface area contributed by atoms with E-state index in [1.54, 1.807) is 13.1 Å². The minimum absolute atomic E-state index is 0.0443. The van der Waals surface area contributed by atoms with Gasteiger partial charge in [0, 0.05) is 49.9 Å². The van der Waals surface area contributed by atoms with Crippen molar-refractivity contribution in [1.29, 1.82) is 0 Å². The number of nitrogens with zero attached hydrogens (tertiary/aromatic N) is 3. The molecule has 0 bridgehead atoms. The molecule has 1 N–H and O–H groups in total. The number of likely N-dealkylation sites (tertiary alicyclic amines) is 1. The smallest absolute Gasteiger partial charge is 0.225 e. The van der Waals surface area contributed by atoms with Gasteiger partial charge in [-0.1, -0.05) is 0 Å². The summed E-state index contributed by atoms with van der Waals surface area (Å²) in [5, 5.41) is 0. The first-order valence-electron chi connectivity index (χ1n) is 10.2. The largest absolute Gasteiger partial charge is 0.357 e. The van der Waals surface area contributed by atoms with Crippen LogP contribution in [0.1, 0.15) is 44.2 Å². The third-order valence-corrected chi connectivity index (χ3v) is 8.10. The number of hydrogen-bond acceptors (Lipinski definition) is 4. The Bertz CT molecular complexity index is 906. The highest BCUT2D eigenvalue weighted by Crippen LogP contribution is 2.31. The van der Waals surface area contributed by atoms with Gasteiger partial charge in [-0.25, -0.2) is 12.7 Å². The fourth-order valence-electron chi connectivity index (χ4n) is 4.43. The van der Waals surface area contributed by atoms with Crippen LogP contribution in [0, 0.1) is 5.92 Å². The van der Waals surface area contributed by atoms with Crippen LogP contribution in [-0.2, 0) is 14.8 Å². The molecule has 0 aliphatic carbocycles. The van der Waals surface area contributed by atoms with Gasteiger partial charge in [-0.2, -0.15) is 0 Å². The van der Waals surface area contributed by atoms with Gasteiger partial charge in [0.2, 0.25) is 15.9 Å². The molecule has 0 aromatic carbocycles. The molecule has 2 aromatic rings. The predicted molar refractivity (Wildman–Crippen MR) is 108 cm³/mol. The molecule has 152 valence electrons. The summed E-state index contributed by atoms with van der Waals surface area (Å²) in [6.45, 7) is 4.12. The van der Waals surface area contributed by atoms with Crippen LogP contribution >= 0.6 is 0 Å². The maximum Gasteiger partial charge on any atom is 0.225 e. The van der Waals surface area contributed by atoms with Crippen LogP contribution in [-0.4, -0.2) is 65.4 Å². The Morgan fingerprint density at radius 1 is 1.18 bits per heavy atom. The number of fused-ring (bicyclic) bond motifs is 1. The number of piperidine rings is 2. The Kier molecular flexibility index (Phi) is 5.42. The molecule has 2 saturated heterocycles. The van der Waals surface area contributed by atoms with Crippen molar-refractivity contribution in [2.75, 3.05) is 31.9 Å². The average molecular weight is 405 g/mol. The van der Waals surface area contributed by atoms with E-state index in [1.165, 1.54) is 10.00 Å². The summed E-state index contributed by atoms with van der Waals surface area (Å²) in [4.78, 5) is 22.7. The van der Waals surface area contributed by atoms with Crippen molar-refractivity contribution < 1.29 is 13.2 Å². The standard InChI is InChI=1S/C20H28N4O3S/c1-2-28(26,27)24-12-7-16(8-13-24)20(25)23-10-5-15(6-11-23)18-14-19-17(22-18)4-3-9-21-19/h3-4,9,14-16,22H,2,5-8,10-13H2,1H3. The number of hydrogen-bond donors (Lipinski definition) is 1. The highest BCUT2D eigenvalue weighted by Gasteiger charge is 2.34. The Hall–Kier alpha value is -1.93. The molecule has 1 amide bonds. The maximum absolute atomic E-state index is 12.9. The van der Waals surface area contributed by atoms with Gasteiger partial charge >= 0.3 is 0 Å². The zero-order valence-electron chi connectivity index (χ0n) is 16.3. The Morgan fingerprint density at radius 3 is 2.54 bits per heavy atom. The fourth-order valence-corrected chi connectivity index (χ4v) is 5.56. The Balaban J connectivity index is 1.32. The first kappa shape index (κ1) is 19.4. The van der Waals surface area contributed by atoms with Crippen LogP contribution in [0.25, 0.3) is 11.0 Å². The van der Waals surface area contributed by atoms with Crippen molar-refractivity contribution in [3.05, 3.63) is 30.1 Å². The Labute approximate surface area is 166 Å². The fraction of sp³-hybridized carbons (Fsp3) is 0.600. The number of aromatic amines is 1. The molecule has 0 unspecified atom stereocenters. The lowest BCUT2D eigenvalue weighted by Crippen LogP contribution is -2.46. The van der Waals surface area contributed by atoms with E-state index >= 15 is 0 Å². The number of H-pyrrole nitrogens is 1. The second-order valence-electron chi connectivity index (χ2n) is 7.83. The van der Waals surface area contributed by atoms with Gasteiger partial charge in [0.25, 0.3) is 0 Å². The topological polar surface area (TPSA) is 86.4 Å². The number of rotatable bonds is 4. The van der Waals surface area contributed by atoms with E-state index in [2.05, 4.69) is 16.0 Å². The zero-order valence-corrected chi connectivity index (χ0v) is 17.1. The van der Waals surface area contributed by atoms with Crippen molar-refractivity contribution in [2.24, 2.45) is 5.92 Å². The quantitative estimate of drug-likeness (QED) is 0.847. The number of amides is 1. The molecule has 7 nitrogen and oxygen atoms in total. The van der Waals surface area contributed by atoms with E-state index in [-0.39, 0.29) is 17.6 Å². The van der Waals surface area contributed by atoms with Gasteiger partial charge < -0.3 is 9.88 Å². The average Bonchev–Trinajstić information content (AvgIpc) is 3.18. The van der Waals surface area contributed by atoms with E-state index < -0.39 is 10.0 Å². The van der Waals surface area contributed by atoms with E-state index in [4.69, 9.17) is 0 Å². The lowest BCUT2D eigenvalue weighted by atomic mass is 9.91. The van der Waals surface area contributed by atoms with Gasteiger partial charge in [-0.15, -0.1) is 0 Å². The summed E-state index contributed by atoms with van der Waals surface area (Å²) in [6, 6.07) is 6.10. The monoisotopic (exact) mass is 404 g/mol. The molecule has 0 saturated carbocycles. The number of sulfonamides is 1. The first-order valence-corrected chi connectivity index (χ1v) is 11.8. The molecular formula is C20H28N4O3S. The molecule has 0 atom stereocenters. The van der Waals surface area contributed by atoms with Crippen molar-refractivity contribution >= 4 is 27.0 Å². The maximum atomic E-state index is 12.9. The summed E-state index contributed by atoms with van der Waals surface area (Å²) in [5.74, 6) is 0.708. The zero-order chi connectivity index (χ0) is 19.7. The molecule has 4 heterocycles. The van der Waals surface area contributed by atoms with Gasteiger partial charge in [-0.3, -0.25) is 9.78 Å². The van der Waals surface area contributed by atoms with Gasteiger partial charge in [-0.05, 0) is 50.8 Å². The minimum Gasteiger partial charge on any atom is -0.357 e. The van der Waals surface area contributed by atoms with E-state index in [0.29, 0.717) is 31.8 Å². The summed E-state index contributed by atoms with van der Waals surface area (Å²) < 4.78 is 25.5. The highest BCUT2D eigenvalue weighted by molar-refractivity contribution is 7.89. The third kappa shape index (κ3) is 3.80. The van der Waals surface area contributed by atoms with Crippen LogP contribution in [0.4, 0.5) is 0 Å².